The molecule has 3 amide bonds. The number of hydrogen-bond donors (Lipinski definition) is 4. The minimum atomic E-state index is -0.362. The number of rotatable bonds is 7. The topological polar surface area (TPSA) is 129 Å². The Morgan fingerprint density at radius 2 is 1.53 bits per heavy atom. The molecule has 0 aliphatic rings. The lowest BCUT2D eigenvalue weighted by Gasteiger charge is -2.09. The number of H-pyrrole nitrogens is 1. The van der Waals surface area contributed by atoms with Crippen molar-refractivity contribution < 1.29 is 14.4 Å². The summed E-state index contributed by atoms with van der Waals surface area (Å²) < 4.78 is 0. The second-order valence-electron chi connectivity index (χ2n) is 7.15. The van der Waals surface area contributed by atoms with E-state index in [4.69, 9.17) is 0 Å². The Kier molecular flexibility index (Phi) is 6.55. The lowest BCUT2D eigenvalue weighted by molar-refractivity contribution is -0.111. The highest BCUT2D eigenvalue weighted by atomic mass is 16.2. The van der Waals surface area contributed by atoms with E-state index in [1.807, 2.05) is 0 Å². The van der Waals surface area contributed by atoms with E-state index in [0.29, 0.717) is 28.3 Å². The smallest absolute Gasteiger partial charge is 0.274 e. The van der Waals surface area contributed by atoms with Crippen molar-refractivity contribution in [2.75, 3.05) is 16.0 Å². The first kappa shape index (κ1) is 22.2. The fourth-order valence-corrected chi connectivity index (χ4v) is 3.08. The van der Waals surface area contributed by atoms with Crippen molar-refractivity contribution in [2.24, 2.45) is 0 Å². The van der Waals surface area contributed by atoms with Crippen LogP contribution in [-0.2, 0) is 4.79 Å². The van der Waals surface area contributed by atoms with Gasteiger partial charge in [-0.2, -0.15) is 5.10 Å². The Balaban J connectivity index is 1.39. The Bertz CT molecular complexity index is 1350. The van der Waals surface area contributed by atoms with Crippen LogP contribution in [0.15, 0.2) is 91.8 Å². The van der Waals surface area contributed by atoms with Crippen molar-refractivity contribution in [3.8, 4) is 11.3 Å². The lowest BCUT2D eigenvalue weighted by Crippen LogP contribution is -2.15. The monoisotopic (exact) mass is 452 g/mol. The summed E-state index contributed by atoms with van der Waals surface area (Å²) in [7, 11) is 0. The normalized spacial score (nSPS) is 10.2. The van der Waals surface area contributed by atoms with E-state index in [-0.39, 0.29) is 23.4 Å². The molecule has 0 spiro atoms. The highest BCUT2D eigenvalue weighted by Crippen LogP contribution is 2.18. The number of hydrogen-bond acceptors (Lipinski definition) is 5. The van der Waals surface area contributed by atoms with Gasteiger partial charge < -0.3 is 16.0 Å². The largest absolute Gasteiger partial charge is 0.323 e. The third-order valence-corrected chi connectivity index (χ3v) is 4.75. The zero-order chi connectivity index (χ0) is 23.9. The van der Waals surface area contributed by atoms with Crippen LogP contribution in [0.4, 0.5) is 17.1 Å². The molecule has 0 saturated heterocycles. The van der Waals surface area contributed by atoms with Gasteiger partial charge in [0.2, 0.25) is 5.91 Å². The fraction of sp³-hybridized carbons (Fsp3) is 0. The molecule has 2 aromatic heterocycles. The maximum atomic E-state index is 12.6. The number of anilines is 3. The van der Waals surface area contributed by atoms with Crippen LogP contribution in [0.25, 0.3) is 11.3 Å². The van der Waals surface area contributed by atoms with Crippen molar-refractivity contribution >= 4 is 34.8 Å². The summed E-state index contributed by atoms with van der Waals surface area (Å²) in [5, 5.41) is 14.8. The summed E-state index contributed by atoms with van der Waals surface area (Å²) in [6, 6.07) is 18.4. The van der Waals surface area contributed by atoms with Crippen LogP contribution in [0, 0.1) is 0 Å². The fourth-order valence-electron chi connectivity index (χ4n) is 3.08. The molecular weight excluding hydrogens is 432 g/mol. The molecule has 0 unspecified atom stereocenters. The van der Waals surface area contributed by atoms with Crippen LogP contribution >= 0.6 is 0 Å². The Labute approximate surface area is 194 Å². The van der Waals surface area contributed by atoms with Gasteiger partial charge in [0.1, 0.15) is 5.69 Å². The predicted molar refractivity (Wildman–Crippen MR) is 129 cm³/mol. The molecule has 34 heavy (non-hydrogen) atoms. The zero-order valence-corrected chi connectivity index (χ0v) is 17.9. The number of aromatic nitrogens is 3. The van der Waals surface area contributed by atoms with Gasteiger partial charge in [0.05, 0.1) is 11.9 Å². The van der Waals surface area contributed by atoms with Crippen molar-refractivity contribution in [3.63, 3.8) is 0 Å². The standard InChI is InChI=1S/C25H20N6O3/c1-2-23(32)28-20-6-3-5-16(13-20)24(33)29-18-9-11-19(12-10-18)30-25(34)22-8-4-7-21(31-22)17-14-26-27-15-17/h2-15H,1H2,(H,26,27)(H,28,32)(H,29,33)(H,30,34). The Morgan fingerprint density at radius 1 is 0.824 bits per heavy atom. The van der Waals surface area contributed by atoms with Crippen molar-refractivity contribution in [1.82, 2.24) is 15.2 Å². The summed E-state index contributed by atoms with van der Waals surface area (Å²) in [6.07, 6.45) is 4.48. The predicted octanol–water partition coefficient (Wildman–Crippen LogP) is 4.10. The maximum Gasteiger partial charge on any atom is 0.274 e. The van der Waals surface area contributed by atoms with Gasteiger partial charge in [-0.1, -0.05) is 18.7 Å². The third-order valence-electron chi connectivity index (χ3n) is 4.75. The van der Waals surface area contributed by atoms with E-state index in [1.54, 1.807) is 79.1 Å². The molecule has 2 aromatic carbocycles. The second kappa shape index (κ2) is 10.0. The highest BCUT2D eigenvalue weighted by Gasteiger charge is 2.11. The van der Waals surface area contributed by atoms with Crippen LogP contribution in [-0.4, -0.2) is 32.9 Å². The number of pyridine rings is 1. The molecule has 0 bridgehead atoms. The molecule has 2 heterocycles. The van der Waals surface area contributed by atoms with Gasteiger partial charge in [0, 0.05) is 34.4 Å². The number of nitrogens with zero attached hydrogens (tertiary/aromatic N) is 2. The molecule has 4 aromatic rings. The quantitative estimate of drug-likeness (QED) is 0.314. The van der Waals surface area contributed by atoms with E-state index in [0.717, 1.165) is 11.6 Å². The Hall–Kier alpha value is -5.05. The SMILES string of the molecule is C=CC(=O)Nc1cccc(C(=O)Nc2ccc(NC(=O)c3cccc(-c4cn[nH]c4)n3)cc2)c1. The van der Waals surface area contributed by atoms with Crippen LogP contribution in [0.3, 0.4) is 0 Å². The summed E-state index contributed by atoms with van der Waals surface area (Å²) >= 11 is 0. The van der Waals surface area contributed by atoms with Gasteiger partial charge in [-0.05, 0) is 60.7 Å². The van der Waals surface area contributed by atoms with Gasteiger partial charge in [0.15, 0.2) is 0 Å². The second-order valence-corrected chi connectivity index (χ2v) is 7.15. The van der Waals surface area contributed by atoms with Crippen molar-refractivity contribution in [1.29, 1.82) is 0 Å². The van der Waals surface area contributed by atoms with Crippen LogP contribution in [0.1, 0.15) is 20.8 Å². The van der Waals surface area contributed by atoms with Crippen LogP contribution < -0.4 is 16.0 Å². The number of nitrogens with one attached hydrogen (secondary N) is 4. The van der Waals surface area contributed by atoms with Crippen molar-refractivity contribution in [3.05, 3.63) is 103 Å². The first-order chi connectivity index (χ1) is 16.5. The summed E-state index contributed by atoms with van der Waals surface area (Å²) in [5.74, 6) is -1.06. The summed E-state index contributed by atoms with van der Waals surface area (Å²) in [5.41, 5.74) is 3.63. The molecule has 4 N–H and O–H groups in total. The molecule has 0 atom stereocenters. The Morgan fingerprint density at radius 3 is 2.21 bits per heavy atom. The number of amides is 3. The van der Waals surface area contributed by atoms with E-state index < -0.39 is 0 Å². The minimum absolute atomic E-state index is 0.263. The summed E-state index contributed by atoms with van der Waals surface area (Å²) in [6.45, 7) is 3.40. The van der Waals surface area contributed by atoms with Gasteiger partial charge in [-0.15, -0.1) is 0 Å². The van der Waals surface area contributed by atoms with E-state index in [1.165, 1.54) is 0 Å². The van der Waals surface area contributed by atoms with E-state index >= 15 is 0 Å². The molecule has 9 nitrogen and oxygen atoms in total. The zero-order valence-electron chi connectivity index (χ0n) is 17.9. The van der Waals surface area contributed by atoms with Gasteiger partial charge in [-0.3, -0.25) is 19.5 Å². The van der Waals surface area contributed by atoms with Crippen LogP contribution in [0.5, 0.6) is 0 Å². The first-order valence-electron chi connectivity index (χ1n) is 10.2. The third kappa shape index (κ3) is 5.40. The van der Waals surface area contributed by atoms with Crippen molar-refractivity contribution in [2.45, 2.75) is 0 Å². The molecule has 0 aliphatic carbocycles. The molecule has 0 aliphatic heterocycles. The molecule has 0 radical (unpaired) electrons. The number of carbonyl (C=O) groups excluding carboxylic acids is 3. The first-order valence-corrected chi connectivity index (χ1v) is 10.2. The van der Waals surface area contributed by atoms with E-state index in [9.17, 15) is 14.4 Å². The van der Waals surface area contributed by atoms with E-state index in [2.05, 4.69) is 37.7 Å². The number of benzene rings is 2. The number of aromatic amines is 1. The minimum Gasteiger partial charge on any atom is -0.323 e. The summed E-state index contributed by atoms with van der Waals surface area (Å²) in [4.78, 5) is 41.0. The van der Waals surface area contributed by atoms with Gasteiger partial charge >= 0.3 is 0 Å². The maximum absolute atomic E-state index is 12.6. The number of carbonyl (C=O) groups is 3. The molecule has 0 fully saturated rings. The molecular formula is C25H20N6O3. The average Bonchev–Trinajstić information content (AvgIpc) is 3.40. The van der Waals surface area contributed by atoms with Gasteiger partial charge in [-0.25, -0.2) is 4.98 Å². The average molecular weight is 452 g/mol. The van der Waals surface area contributed by atoms with Crippen LogP contribution in [0.2, 0.25) is 0 Å². The highest BCUT2D eigenvalue weighted by molar-refractivity contribution is 6.06. The van der Waals surface area contributed by atoms with Gasteiger partial charge in [0.25, 0.3) is 11.8 Å². The molecule has 9 heteroatoms. The molecule has 168 valence electrons. The molecule has 4 rings (SSSR count). The lowest BCUT2D eigenvalue weighted by atomic mass is 10.1. The molecule has 0 saturated carbocycles.